The van der Waals surface area contributed by atoms with Crippen LogP contribution in [-0.2, 0) is 24.0 Å². The Morgan fingerprint density at radius 2 is 1.83 bits per heavy atom. The number of carbonyl (C=O) groups is 5. The maximum atomic E-state index is 14.1. The normalized spacial score (nSPS) is 24.7. The minimum atomic E-state index is -5.19. The van der Waals surface area contributed by atoms with E-state index in [0.717, 1.165) is 35.5 Å². The van der Waals surface area contributed by atoms with Crippen LogP contribution >= 0.6 is 0 Å². The standard InChI is InChI=1S/C27H33F3N6O6/c1-13-3-8-16-21(32-13)42-26(24(40)33-16)11-19(20(31)37)36(12-26)23(39)18(10-15-6-7-15)35(2)22(38)17(9-14-4-5-14)34-25(41)27(28,29)30/h3,8,14-15,17-19H,4-7,9-12H2,1-2H3,(H2,31,37)(H,33,40)(H,34,41)/t17?,18?,19-,26?/m0/s1. The van der Waals surface area contributed by atoms with E-state index in [9.17, 15) is 37.1 Å². The second kappa shape index (κ2) is 10.7. The molecule has 4 N–H and O–H groups in total. The van der Waals surface area contributed by atoms with Crippen LogP contribution in [-0.4, -0.2) is 87.8 Å². The Balaban J connectivity index is 1.40. The minimum absolute atomic E-state index is 0.00586. The zero-order valence-electron chi connectivity index (χ0n) is 23.2. The van der Waals surface area contributed by atoms with Crippen LogP contribution in [0.3, 0.4) is 0 Å². The highest BCUT2D eigenvalue weighted by Crippen LogP contribution is 2.41. The molecule has 2 aliphatic heterocycles. The van der Waals surface area contributed by atoms with Gasteiger partial charge in [-0.3, -0.25) is 24.0 Å². The number of rotatable bonds is 9. The van der Waals surface area contributed by atoms with Crippen molar-refractivity contribution in [3.63, 3.8) is 0 Å². The van der Waals surface area contributed by atoms with Gasteiger partial charge >= 0.3 is 12.1 Å². The van der Waals surface area contributed by atoms with Gasteiger partial charge in [-0.05, 0) is 43.7 Å². The number of nitrogens with two attached hydrogens (primary N) is 1. The van der Waals surface area contributed by atoms with E-state index in [0.29, 0.717) is 11.4 Å². The second-order valence-electron chi connectivity index (χ2n) is 11.8. The van der Waals surface area contributed by atoms with E-state index in [1.165, 1.54) is 7.05 Å². The fraction of sp³-hybridized carbons (Fsp3) is 0.630. The largest absolute Gasteiger partial charge is 0.471 e. The van der Waals surface area contributed by atoms with Crippen molar-refractivity contribution in [2.45, 2.75) is 81.8 Å². The van der Waals surface area contributed by atoms with Crippen molar-refractivity contribution in [3.05, 3.63) is 17.8 Å². The summed E-state index contributed by atoms with van der Waals surface area (Å²) in [4.78, 5) is 71.6. The molecule has 0 radical (unpaired) electrons. The number of pyridine rings is 1. The number of primary amides is 1. The number of ether oxygens (including phenoxy) is 1. The molecule has 1 saturated heterocycles. The van der Waals surface area contributed by atoms with Crippen molar-refractivity contribution >= 4 is 35.2 Å². The number of halogens is 3. The fourth-order valence-electron chi connectivity index (χ4n) is 5.60. The van der Waals surface area contributed by atoms with Crippen molar-refractivity contribution in [2.75, 3.05) is 18.9 Å². The first-order chi connectivity index (χ1) is 19.7. The lowest BCUT2D eigenvalue weighted by molar-refractivity contribution is -0.175. The molecule has 0 aromatic carbocycles. The van der Waals surface area contributed by atoms with Crippen LogP contribution in [0.25, 0.3) is 0 Å². The zero-order chi connectivity index (χ0) is 30.6. The molecule has 42 heavy (non-hydrogen) atoms. The SMILES string of the molecule is Cc1ccc2c(n1)OC1(C[C@@H](C(N)=O)N(C(=O)C(CC3CC3)N(C)C(=O)C(CC3CC3)NC(=O)C(F)(F)F)C1)C(=O)N2. The van der Waals surface area contributed by atoms with Gasteiger partial charge in [0.15, 0.2) is 0 Å². The first-order valence-electron chi connectivity index (χ1n) is 13.9. The lowest BCUT2D eigenvalue weighted by atomic mass is 9.97. The quantitative estimate of drug-likeness (QED) is 0.384. The van der Waals surface area contributed by atoms with Crippen LogP contribution in [0.15, 0.2) is 12.1 Å². The summed E-state index contributed by atoms with van der Waals surface area (Å²) in [5.41, 5.74) is 4.93. The molecule has 12 nitrogen and oxygen atoms in total. The Labute approximate surface area is 239 Å². The van der Waals surface area contributed by atoms with E-state index in [1.807, 2.05) is 0 Å². The smallest absolute Gasteiger partial charge is 0.457 e. The van der Waals surface area contributed by atoms with Gasteiger partial charge in [0, 0.05) is 19.2 Å². The summed E-state index contributed by atoms with van der Waals surface area (Å²) < 4.78 is 45.2. The highest BCUT2D eigenvalue weighted by atomic mass is 19.4. The Morgan fingerprint density at radius 1 is 1.19 bits per heavy atom. The van der Waals surface area contributed by atoms with E-state index in [4.69, 9.17) is 10.5 Å². The number of amides is 5. The zero-order valence-corrected chi connectivity index (χ0v) is 23.2. The van der Waals surface area contributed by atoms with Crippen molar-refractivity contribution in [2.24, 2.45) is 17.6 Å². The molecule has 2 saturated carbocycles. The number of fused-ring (bicyclic) bond motifs is 1. The van der Waals surface area contributed by atoms with E-state index < -0.39 is 59.4 Å². The molecule has 1 aromatic rings. The Hall–Kier alpha value is -3.91. The average Bonchev–Trinajstić information content (AvgIpc) is 3.85. The predicted molar refractivity (Wildman–Crippen MR) is 140 cm³/mol. The molecule has 4 atom stereocenters. The van der Waals surface area contributed by atoms with Crippen molar-refractivity contribution in [1.82, 2.24) is 20.1 Å². The van der Waals surface area contributed by atoms with Gasteiger partial charge in [-0.15, -0.1) is 0 Å². The van der Waals surface area contributed by atoms with E-state index in [-0.39, 0.29) is 43.5 Å². The topological polar surface area (TPSA) is 164 Å². The molecule has 228 valence electrons. The highest BCUT2D eigenvalue weighted by molar-refractivity contribution is 6.03. The third-order valence-corrected chi connectivity index (χ3v) is 8.37. The molecule has 4 aliphatic rings. The number of likely N-dealkylation sites (N-methyl/N-ethyl adjacent to an activating group) is 1. The van der Waals surface area contributed by atoms with Gasteiger partial charge < -0.3 is 30.9 Å². The lowest BCUT2D eigenvalue weighted by Gasteiger charge is -2.36. The fourth-order valence-corrected chi connectivity index (χ4v) is 5.60. The molecule has 15 heteroatoms. The summed E-state index contributed by atoms with van der Waals surface area (Å²) >= 11 is 0. The third-order valence-electron chi connectivity index (χ3n) is 8.37. The summed E-state index contributed by atoms with van der Waals surface area (Å²) in [6.07, 6.45) is -2.23. The molecule has 5 amide bonds. The summed E-state index contributed by atoms with van der Waals surface area (Å²) in [5.74, 6) is -5.06. The first-order valence-corrected chi connectivity index (χ1v) is 13.9. The number of nitrogens with one attached hydrogen (secondary N) is 2. The Morgan fingerprint density at radius 3 is 2.43 bits per heavy atom. The molecule has 2 aliphatic carbocycles. The highest BCUT2D eigenvalue weighted by Gasteiger charge is 2.58. The molecular formula is C27H33F3N6O6. The van der Waals surface area contributed by atoms with E-state index >= 15 is 0 Å². The van der Waals surface area contributed by atoms with E-state index in [1.54, 1.807) is 24.4 Å². The van der Waals surface area contributed by atoms with Crippen molar-refractivity contribution < 1.29 is 41.9 Å². The number of carbonyl (C=O) groups excluding carboxylic acids is 5. The number of aromatic nitrogens is 1. The average molecular weight is 595 g/mol. The van der Waals surface area contributed by atoms with Crippen LogP contribution in [0.4, 0.5) is 18.9 Å². The maximum Gasteiger partial charge on any atom is 0.471 e. The Bertz CT molecular complexity index is 1320. The first kappa shape index (κ1) is 29.6. The maximum absolute atomic E-state index is 14.1. The Kier molecular flexibility index (Phi) is 7.56. The molecule has 3 fully saturated rings. The number of hydrogen-bond donors (Lipinski definition) is 3. The van der Waals surface area contributed by atoms with Gasteiger partial charge in [0.25, 0.3) is 5.91 Å². The van der Waals surface area contributed by atoms with Gasteiger partial charge in [0.1, 0.15) is 23.8 Å². The van der Waals surface area contributed by atoms with Gasteiger partial charge in [-0.25, -0.2) is 4.98 Å². The molecule has 3 heterocycles. The van der Waals surface area contributed by atoms with Crippen LogP contribution in [0.2, 0.25) is 0 Å². The number of likely N-dealkylation sites (tertiary alicyclic amines) is 1. The predicted octanol–water partition coefficient (Wildman–Crippen LogP) is 1.02. The molecule has 0 bridgehead atoms. The number of hydrogen-bond acceptors (Lipinski definition) is 7. The third kappa shape index (κ3) is 6.00. The van der Waals surface area contributed by atoms with E-state index in [2.05, 4.69) is 10.3 Å². The van der Waals surface area contributed by atoms with Gasteiger partial charge in [-0.2, -0.15) is 13.2 Å². The summed E-state index contributed by atoms with van der Waals surface area (Å²) in [6, 6.07) is -0.618. The van der Waals surface area contributed by atoms with Crippen LogP contribution in [0.5, 0.6) is 5.88 Å². The van der Waals surface area contributed by atoms with Crippen molar-refractivity contribution in [3.8, 4) is 5.88 Å². The number of alkyl halides is 3. The summed E-state index contributed by atoms with van der Waals surface area (Å²) in [7, 11) is 1.30. The van der Waals surface area contributed by atoms with Crippen LogP contribution in [0.1, 0.15) is 50.6 Å². The monoisotopic (exact) mass is 594 g/mol. The van der Waals surface area contributed by atoms with Crippen LogP contribution in [0, 0.1) is 18.8 Å². The van der Waals surface area contributed by atoms with Gasteiger partial charge in [0.05, 0.1) is 6.54 Å². The lowest BCUT2D eigenvalue weighted by Crippen LogP contribution is -2.58. The van der Waals surface area contributed by atoms with Crippen molar-refractivity contribution in [1.29, 1.82) is 0 Å². The van der Waals surface area contributed by atoms with Crippen LogP contribution < -0.4 is 21.1 Å². The molecule has 1 spiro atoms. The number of nitrogens with zero attached hydrogens (tertiary/aromatic N) is 3. The molecule has 1 aromatic heterocycles. The minimum Gasteiger partial charge on any atom is -0.457 e. The summed E-state index contributed by atoms with van der Waals surface area (Å²) in [6.45, 7) is 1.37. The number of anilines is 1. The van der Waals surface area contributed by atoms with Gasteiger partial charge in [0.2, 0.25) is 29.2 Å². The number of aryl methyl sites for hydroxylation is 1. The molecular weight excluding hydrogens is 561 g/mol. The van der Waals surface area contributed by atoms with Gasteiger partial charge in [-0.1, -0.05) is 25.7 Å². The molecule has 3 unspecified atom stereocenters. The summed E-state index contributed by atoms with van der Waals surface area (Å²) in [5, 5.41) is 4.51. The molecule has 5 rings (SSSR count). The second-order valence-corrected chi connectivity index (χ2v) is 11.8.